The number of ether oxygens (including phenoxy) is 1. The van der Waals surface area contributed by atoms with E-state index in [4.69, 9.17) is 32.9 Å². The lowest BCUT2D eigenvalue weighted by Gasteiger charge is -2.19. The van der Waals surface area contributed by atoms with Gasteiger partial charge in [0.2, 0.25) is 0 Å². The molecular weight excluding hydrogens is 487 g/mol. The molecule has 1 saturated heterocycles. The normalized spacial score (nSPS) is 16.2. The molecule has 0 atom stereocenters. The summed E-state index contributed by atoms with van der Waals surface area (Å²) in [6, 6.07) is 20.9. The summed E-state index contributed by atoms with van der Waals surface area (Å²) in [4.78, 5) is 20.2. The van der Waals surface area contributed by atoms with Crippen LogP contribution in [-0.4, -0.2) is 22.0 Å². The van der Waals surface area contributed by atoms with E-state index in [1.807, 2.05) is 81.4 Å². The molecule has 1 amide bonds. The predicted molar refractivity (Wildman–Crippen MR) is 143 cm³/mol. The summed E-state index contributed by atoms with van der Waals surface area (Å²) >= 11 is 13.6. The minimum absolute atomic E-state index is 0.00515. The molecule has 7 heteroatoms. The standard InChI is InChI=1S/C27H24Cl2N2O2S/c1-17(2)31-26(32)25(34-27(31)30-22-10-4-18(3)5-11-22)14-19-6-12-23(13-7-19)33-16-20-8-9-21(28)15-24(20)29/h4-15,17H,16H2,1-3H3/b25-14+,30-27?. The maximum Gasteiger partial charge on any atom is 0.266 e. The van der Waals surface area contributed by atoms with Gasteiger partial charge in [-0.05, 0) is 80.6 Å². The SMILES string of the molecule is Cc1ccc(N=C2S/C(=C/c3ccc(OCc4ccc(Cl)cc4Cl)cc3)C(=O)N2C(C)C)cc1. The van der Waals surface area contributed by atoms with E-state index < -0.39 is 0 Å². The van der Waals surface area contributed by atoms with Crippen LogP contribution in [0.4, 0.5) is 5.69 Å². The second-order valence-electron chi connectivity index (χ2n) is 8.20. The number of nitrogens with zero attached hydrogens (tertiary/aromatic N) is 2. The number of amides is 1. The van der Waals surface area contributed by atoms with Crippen LogP contribution in [0.1, 0.15) is 30.5 Å². The molecule has 0 spiro atoms. The number of carbonyl (C=O) groups is 1. The number of rotatable bonds is 6. The molecule has 1 aliphatic rings. The van der Waals surface area contributed by atoms with Gasteiger partial charge in [-0.2, -0.15) is 0 Å². The molecule has 4 rings (SSSR count). The molecule has 1 heterocycles. The molecule has 0 aliphatic carbocycles. The first-order valence-electron chi connectivity index (χ1n) is 10.9. The number of aryl methyl sites for hydroxylation is 1. The van der Waals surface area contributed by atoms with Crippen molar-refractivity contribution in [3.63, 3.8) is 0 Å². The molecule has 34 heavy (non-hydrogen) atoms. The number of carbonyl (C=O) groups excluding carboxylic acids is 1. The quantitative estimate of drug-likeness (QED) is 0.316. The molecule has 174 valence electrons. The smallest absolute Gasteiger partial charge is 0.266 e. The van der Waals surface area contributed by atoms with Crippen molar-refractivity contribution < 1.29 is 9.53 Å². The van der Waals surface area contributed by atoms with Gasteiger partial charge in [0.15, 0.2) is 5.17 Å². The third-order valence-electron chi connectivity index (χ3n) is 5.20. The minimum atomic E-state index is -0.0384. The Hall–Kier alpha value is -2.73. The van der Waals surface area contributed by atoms with Crippen molar-refractivity contribution in [3.8, 4) is 5.75 Å². The minimum Gasteiger partial charge on any atom is -0.489 e. The van der Waals surface area contributed by atoms with E-state index in [-0.39, 0.29) is 11.9 Å². The van der Waals surface area contributed by atoms with E-state index in [2.05, 4.69) is 0 Å². The van der Waals surface area contributed by atoms with Gasteiger partial charge in [-0.3, -0.25) is 9.69 Å². The van der Waals surface area contributed by atoms with Gasteiger partial charge >= 0.3 is 0 Å². The van der Waals surface area contributed by atoms with Crippen molar-refractivity contribution in [2.45, 2.75) is 33.4 Å². The van der Waals surface area contributed by atoms with Gasteiger partial charge in [0.25, 0.3) is 5.91 Å². The lowest BCUT2D eigenvalue weighted by Crippen LogP contribution is -2.35. The predicted octanol–water partition coefficient (Wildman–Crippen LogP) is 7.89. The van der Waals surface area contributed by atoms with Crippen LogP contribution in [0.15, 0.2) is 76.6 Å². The molecule has 0 N–H and O–H groups in total. The van der Waals surface area contributed by atoms with Crippen LogP contribution >= 0.6 is 35.0 Å². The second-order valence-corrected chi connectivity index (χ2v) is 10.1. The maximum atomic E-state index is 13.1. The number of benzene rings is 3. The average Bonchev–Trinajstić information content (AvgIpc) is 3.10. The molecule has 0 radical (unpaired) electrons. The van der Waals surface area contributed by atoms with Gasteiger partial charge in [-0.15, -0.1) is 0 Å². The second kappa shape index (κ2) is 10.7. The molecule has 1 fully saturated rings. The van der Waals surface area contributed by atoms with E-state index in [9.17, 15) is 4.79 Å². The Balaban J connectivity index is 1.49. The summed E-state index contributed by atoms with van der Waals surface area (Å²) in [7, 11) is 0. The van der Waals surface area contributed by atoms with Crippen LogP contribution in [0.25, 0.3) is 6.08 Å². The van der Waals surface area contributed by atoms with Crippen LogP contribution in [0.3, 0.4) is 0 Å². The number of hydrogen-bond donors (Lipinski definition) is 0. The molecular formula is C27H24Cl2N2O2S. The Kier molecular flexibility index (Phi) is 7.67. The van der Waals surface area contributed by atoms with Gasteiger partial charge in [0.1, 0.15) is 12.4 Å². The zero-order valence-electron chi connectivity index (χ0n) is 19.1. The van der Waals surface area contributed by atoms with Crippen LogP contribution in [0.2, 0.25) is 10.0 Å². The molecule has 0 saturated carbocycles. The van der Waals surface area contributed by atoms with Gasteiger partial charge in [-0.25, -0.2) is 4.99 Å². The third-order valence-corrected chi connectivity index (χ3v) is 6.77. The Morgan fingerprint density at radius 3 is 2.38 bits per heavy atom. The van der Waals surface area contributed by atoms with E-state index in [0.717, 1.165) is 16.8 Å². The van der Waals surface area contributed by atoms with E-state index in [1.54, 1.807) is 17.0 Å². The molecule has 0 aromatic heterocycles. The number of aliphatic imine (C=N–C) groups is 1. The van der Waals surface area contributed by atoms with E-state index in [0.29, 0.717) is 32.5 Å². The molecule has 4 nitrogen and oxygen atoms in total. The summed E-state index contributed by atoms with van der Waals surface area (Å²) in [5, 5.41) is 1.85. The van der Waals surface area contributed by atoms with E-state index >= 15 is 0 Å². The highest BCUT2D eigenvalue weighted by Gasteiger charge is 2.35. The molecule has 0 unspecified atom stereocenters. The molecule has 0 bridgehead atoms. The van der Waals surface area contributed by atoms with Gasteiger partial charge in [-0.1, -0.05) is 59.1 Å². The van der Waals surface area contributed by atoms with Crippen molar-refractivity contribution in [2.24, 2.45) is 4.99 Å². The van der Waals surface area contributed by atoms with Crippen LogP contribution in [0.5, 0.6) is 5.75 Å². The molecule has 3 aromatic carbocycles. The molecule has 3 aromatic rings. The van der Waals surface area contributed by atoms with Crippen molar-refractivity contribution >= 4 is 57.8 Å². The highest BCUT2D eigenvalue weighted by atomic mass is 35.5. The largest absolute Gasteiger partial charge is 0.489 e. The summed E-state index contributed by atoms with van der Waals surface area (Å²) in [5.74, 6) is 0.674. The Morgan fingerprint density at radius 1 is 1.03 bits per heavy atom. The zero-order valence-corrected chi connectivity index (χ0v) is 21.4. The number of thioether (sulfide) groups is 1. The number of hydrogen-bond acceptors (Lipinski definition) is 4. The lowest BCUT2D eigenvalue weighted by molar-refractivity contribution is -0.123. The fourth-order valence-electron chi connectivity index (χ4n) is 3.36. The molecule has 1 aliphatic heterocycles. The highest BCUT2D eigenvalue weighted by molar-refractivity contribution is 8.18. The number of halogens is 2. The summed E-state index contributed by atoms with van der Waals surface area (Å²) in [5.41, 5.74) is 3.77. The maximum absolute atomic E-state index is 13.1. The van der Waals surface area contributed by atoms with Crippen LogP contribution in [0, 0.1) is 6.92 Å². The van der Waals surface area contributed by atoms with Crippen molar-refractivity contribution in [1.29, 1.82) is 0 Å². The van der Waals surface area contributed by atoms with Gasteiger partial charge < -0.3 is 4.74 Å². The number of amidine groups is 1. The first-order valence-corrected chi connectivity index (χ1v) is 12.4. The Labute approximate surface area is 214 Å². The first kappa shape index (κ1) is 24.4. The van der Waals surface area contributed by atoms with Crippen molar-refractivity contribution in [1.82, 2.24) is 4.90 Å². The van der Waals surface area contributed by atoms with Crippen molar-refractivity contribution in [2.75, 3.05) is 0 Å². The van der Waals surface area contributed by atoms with E-state index in [1.165, 1.54) is 17.3 Å². The topological polar surface area (TPSA) is 41.9 Å². The highest BCUT2D eigenvalue weighted by Crippen LogP contribution is 2.35. The first-order chi connectivity index (χ1) is 16.3. The van der Waals surface area contributed by atoms with Crippen LogP contribution < -0.4 is 4.74 Å². The summed E-state index contributed by atoms with van der Waals surface area (Å²) < 4.78 is 5.85. The van der Waals surface area contributed by atoms with Crippen molar-refractivity contribution in [3.05, 3.63) is 98.4 Å². The lowest BCUT2D eigenvalue weighted by atomic mass is 10.2. The monoisotopic (exact) mass is 510 g/mol. The fraction of sp³-hybridized carbons (Fsp3) is 0.185. The van der Waals surface area contributed by atoms with Gasteiger partial charge in [0, 0.05) is 21.7 Å². The zero-order chi connectivity index (χ0) is 24.2. The van der Waals surface area contributed by atoms with Gasteiger partial charge in [0.05, 0.1) is 10.6 Å². The summed E-state index contributed by atoms with van der Waals surface area (Å²) in [6.07, 6.45) is 1.89. The Bertz CT molecular complexity index is 1250. The Morgan fingerprint density at radius 2 is 1.74 bits per heavy atom. The van der Waals surface area contributed by atoms with Crippen LogP contribution in [-0.2, 0) is 11.4 Å². The summed E-state index contributed by atoms with van der Waals surface area (Å²) in [6.45, 7) is 6.36. The fourth-order valence-corrected chi connectivity index (χ4v) is 4.94. The average molecular weight is 511 g/mol. The third kappa shape index (κ3) is 5.84.